The van der Waals surface area contributed by atoms with Crippen LogP contribution < -0.4 is 10.6 Å². The number of benzene rings is 1. The lowest BCUT2D eigenvalue weighted by Gasteiger charge is -2.10. The normalized spacial score (nSPS) is 19.2. The van der Waals surface area contributed by atoms with Gasteiger partial charge in [-0.3, -0.25) is 4.79 Å². The summed E-state index contributed by atoms with van der Waals surface area (Å²) in [6, 6.07) is 9.46. The van der Waals surface area contributed by atoms with Gasteiger partial charge in [0.05, 0.1) is 12.6 Å². The predicted octanol–water partition coefficient (Wildman–Crippen LogP) is 1.39. The van der Waals surface area contributed by atoms with Gasteiger partial charge in [0, 0.05) is 18.8 Å². The maximum Gasteiger partial charge on any atom is 0.238 e. The summed E-state index contributed by atoms with van der Waals surface area (Å²) in [5.74, 6) is -0.0193. The average Bonchev–Trinajstić information content (AvgIpc) is 2.83. The van der Waals surface area contributed by atoms with Crippen LogP contribution in [-0.4, -0.2) is 31.7 Å². The SMILES string of the molecule is O=C(CNCC1CCCO1)Nc1ccccc1. The molecule has 1 amide bonds. The zero-order valence-corrected chi connectivity index (χ0v) is 9.82. The molecule has 2 rings (SSSR count). The fraction of sp³-hybridized carbons (Fsp3) is 0.462. The molecule has 0 radical (unpaired) electrons. The fourth-order valence-electron chi connectivity index (χ4n) is 1.88. The lowest BCUT2D eigenvalue weighted by Crippen LogP contribution is -2.33. The van der Waals surface area contributed by atoms with Gasteiger partial charge in [0.25, 0.3) is 0 Å². The van der Waals surface area contributed by atoms with E-state index in [1.807, 2.05) is 30.3 Å². The van der Waals surface area contributed by atoms with Gasteiger partial charge in [0.15, 0.2) is 0 Å². The summed E-state index contributed by atoms with van der Waals surface area (Å²) < 4.78 is 5.46. The van der Waals surface area contributed by atoms with Crippen LogP contribution in [0.1, 0.15) is 12.8 Å². The molecule has 1 aromatic rings. The highest BCUT2D eigenvalue weighted by Crippen LogP contribution is 2.10. The van der Waals surface area contributed by atoms with Crippen LogP contribution in [0, 0.1) is 0 Å². The van der Waals surface area contributed by atoms with Gasteiger partial charge in [0.2, 0.25) is 5.91 Å². The Hall–Kier alpha value is -1.39. The number of carbonyl (C=O) groups excluding carboxylic acids is 1. The van der Waals surface area contributed by atoms with Crippen molar-refractivity contribution in [3.05, 3.63) is 30.3 Å². The van der Waals surface area contributed by atoms with E-state index in [9.17, 15) is 4.79 Å². The lowest BCUT2D eigenvalue weighted by molar-refractivity contribution is -0.115. The molecule has 4 nitrogen and oxygen atoms in total. The summed E-state index contributed by atoms with van der Waals surface area (Å²) in [6.07, 6.45) is 2.50. The molecule has 1 saturated heterocycles. The van der Waals surface area contributed by atoms with Gasteiger partial charge in [-0.15, -0.1) is 0 Å². The van der Waals surface area contributed by atoms with Crippen LogP contribution in [0.15, 0.2) is 30.3 Å². The molecular weight excluding hydrogens is 216 g/mol. The summed E-state index contributed by atoms with van der Waals surface area (Å²) >= 11 is 0. The van der Waals surface area contributed by atoms with E-state index in [1.165, 1.54) is 0 Å². The van der Waals surface area contributed by atoms with Crippen LogP contribution in [0.25, 0.3) is 0 Å². The first-order chi connectivity index (χ1) is 8.34. The highest BCUT2D eigenvalue weighted by atomic mass is 16.5. The first-order valence-electron chi connectivity index (χ1n) is 6.02. The number of anilines is 1. The van der Waals surface area contributed by atoms with Crippen LogP contribution in [0.3, 0.4) is 0 Å². The van der Waals surface area contributed by atoms with Crippen molar-refractivity contribution in [3.8, 4) is 0 Å². The number of nitrogens with one attached hydrogen (secondary N) is 2. The molecule has 0 spiro atoms. The minimum atomic E-state index is -0.0193. The summed E-state index contributed by atoms with van der Waals surface area (Å²) in [5.41, 5.74) is 0.830. The van der Waals surface area contributed by atoms with E-state index in [0.29, 0.717) is 6.54 Å². The lowest BCUT2D eigenvalue weighted by atomic mass is 10.2. The standard InChI is InChI=1S/C13H18N2O2/c16-13(15-11-5-2-1-3-6-11)10-14-9-12-7-4-8-17-12/h1-3,5-6,12,14H,4,7-10H2,(H,15,16). The Morgan fingerprint density at radius 1 is 1.35 bits per heavy atom. The second-order valence-corrected chi connectivity index (χ2v) is 4.18. The highest BCUT2D eigenvalue weighted by Gasteiger charge is 2.14. The Kier molecular flexibility index (Phi) is 4.53. The maximum atomic E-state index is 11.6. The highest BCUT2D eigenvalue weighted by molar-refractivity contribution is 5.92. The number of rotatable bonds is 5. The predicted molar refractivity (Wildman–Crippen MR) is 66.9 cm³/mol. The maximum absolute atomic E-state index is 11.6. The molecule has 1 fully saturated rings. The minimum Gasteiger partial charge on any atom is -0.377 e. The van der Waals surface area contributed by atoms with Crippen LogP contribution in [0.4, 0.5) is 5.69 Å². The molecule has 0 bridgehead atoms. The topological polar surface area (TPSA) is 50.4 Å². The van der Waals surface area contributed by atoms with E-state index in [0.717, 1.165) is 31.7 Å². The molecule has 0 saturated carbocycles. The van der Waals surface area contributed by atoms with Crippen LogP contribution >= 0.6 is 0 Å². The Bertz CT molecular complexity index is 348. The van der Waals surface area contributed by atoms with Crippen LogP contribution in [0.2, 0.25) is 0 Å². The fourth-order valence-corrected chi connectivity index (χ4v) is 1.88. The Morgan fingerprint density at radius 3 is 2.88 bits per heavy atom. The van der Waals surface area contributed by atoms with E-state index in [1.54, 1.807) is 0 Å². The van der Waals surface area contributed by atoms with Gasteiger partial charge >= 0.3 is 0 Å². The van der Waals surface area contributed by atoms with E-state index < -0.39 is 0 Å². The van der Waals surface area contributed by atoms with Gasteiger partial charge in [-0.05, 0) is 25.0 Å². The van der Waals surface area contributed by atoms with Crippen molar-refractivity contribution in [1.29, 1.82) is 0 Å². The first-order valence-corrected chi connectivity index (χ1v) is 6.02. The van der Waals surface area contributed by atoms with Gasteiger partial charge < -0.3 is 15.4 Å². The van der Waals surface area contributed by atoms with Gasteiger partial charge in [-0.2, -0.15) is 0 Å². The quantitative estimate of drug-likeness (QED) is 0.809. The zero-order chi connectivity index (χ0) is 11.9. The molecule has 1 aliphatic rings. The molecule has 0 aromatic heterocycles. The van der Waals surface area contributed by atoms with Crippen molar-refractivity contribution < 1.29 is 9.53 Å². The van der Waals surface area contributed by atoms with Crippen molar-refractivity contribution in [1.82, 2.24) is 5.32 Å². The number of hydrogen-bond acceptors (Lipinski definition) is 3. The summed E-state index contributed by atoms with van der Waals surface area (Å²) in [5, 5.41) is 5.94. The van der Waals surface area contributed by atoms with Crippen molar-refractivity contribution in [2.45, 2.75) is 18.9 Å². The van der Waals surface area contributed by atoms with E-state index in [4.69, 9.17) is 4.74 Å². The largest absolute Gasteiger partial charge is 0.377 e. The van der Waals surface area contributed by atoms with Crippen LogP contribution in [-0.2, 0) is 9.53 Å². The molecule has 92 valence electrons. The summed E-state index contributed by atoms with van der Waals surface area (Å²) in [4.78, 5) is 11.6. The van der Waals surface area contributed by atoms with E-state index in [-0.39, 0.29) is 12.0 Å². The molecule has 1 aliphatic heterocycles. The second-order valence-electron chi connectivity index (χ2n) is 4.18. The monoisotopic (exact) mass is 234 g/mol. The third kappa shape index (κ3) is 4.17. The van der Waals surface area contributed by atoms with E-state index >= 15 is 0 Å². The molecule has 1 atom stereocenters. The zero-order valence-electron chi connectivity index (χ0n) is 9.82. The van der Waals surface area contributed by atoms with Gasteiger partial charge in [-0.1, -0.05) is 18.2 Å². The third-order valence-corrected chi connectivity index (χ3v) is 2.74. The van der Waals surface area contributed by atoms with Gasteiger partial charge in [-0.25, -0.2) is 0 Å². The molecule has 1 heterocycles. The first kappa shape index (κ1) is 12.1. The Morgan fingerprint density at radius 2 is 2.18 bits per heavy atom. The van der Waals surface area contributed by atoms with Crippen molar-refractivity contribution >= 4 is 11.6 Å². The molecule has 4 heteroatoms. The molecule has 2 N–H and O–H groups in total. The average molecular weight is 234 g/mol. The Balaban J connectivity index is 1.64. The van der Waals surface area contributed by atoms with Crippen LogP contribution in [0.5, 0.6) is 0 Å². The smallest absolute Gasteiger partial charge is 0.238 e. The van der Waals surface area contributed by atoms with Gasteiger partial charge in [0.1, 0.15) is 0 Å². The Labute approximate surface area is 101 Å². The van der Waals surface area contributed by atoms with Crippen molar-refractivity contribution in [2.24, 2.45) is 0 Å². The number of hydrogen-bond donors (Lipinski definition) is 2. The summed E-state index contributed by atoms with van der Waals surface area (Å²) in [7, 11) is 0. The second kappa shape index (κ2) is 6.37. The number of carbonyl (C=O) groups is 1. The van der Waals surface area contributed by atoms with Crippen molar-refractivity contribution in [3.63, 3.8) is 0 Å². The van der Waals surface area contributed by atoms with E-state index in [2.05, 4.69) is 10.6 Å². The minimum absolute atomic E-state index is 0.0193. The summed E-state index contributed by atoms with van der Waals surface area (Å²) in [6.45, 7) is 1.93. The third-order valence-electron chi connectivity index (χ3n) is 2.74. The molecule has 17 heavy (non-hydrogen) atoms. The number of amides is 1. The number of para-hydroxylation sites is 1. The molecular formula is C13H18N2O2. The molecule has 1 aromatic carbocycles. The number of ether oxygens (including phenoxy) is 1. The molecule has 1 unspecified atom stereocenters. The molecule has 0 aliphatic carbocycles. The van der Waals surface area contributed by atoms with Crippen molar-refractivity contribution in [2.75, 3.05) is 25.0 Å².